The van der Waals surface area contributed by atoms with Crippen LogP contribution in [-0.4, -0.2) is 44.3 Å². The highest BCUT2D eigenvalue weighted by Gasteiger charge is 2.37. The van der Waals surface area contributed by atoms with E-state index in [0.717, 1.165) is 11.1 Å². The van der Waals surface area contributed by atoms with Gasteiger partial charge in [0.15, 0.2) is 11.5 Å². The molecule has 0 aliphatic carbocycles. The molecule has 0 saturated heterocycles. The molecule has 1 unspecified atom stereocenters. The molecule has 2 amide bonds. The summed E-state index contributed by atoms with van der Waals surface area (Å²) >= 11 is 0. The average Bonchev–Trinajstić information content (AvgIpc) is 3.22. The maximum Gasteiger partial charge on any atom is 0.240 e. The lowest BCUT2D eigenvalue weighted by atomic mass is 9.90. The van der Waals surface area contributed by atoms with Crippen LogP contribution < -0.4 is 25.4 Å². The highest BCUT2D eigenvalue weighted by atomic mass is 16.5. The zero-order chi connectivity index (χ0) is 25.7. The molecule has 3 N–H and O–H groups in total. The molecule has 0 radical (unpaired) electrons. The molecule has 8 nitrogen and oxygen atoms in total. The largest absolute Gasteiger partial charge is 0.490 e. The Hall–Kier alpha value is -4.17. The second-order valence-corrected chi connectivity index (χ2v) is 8.21. The zero-order valence-electron chi connectivity index (χ0n) is 20.7. The summed E-state index contributed by atoms with van der Waals surface area (Å²) in [5, 5.41) is 2.98. The number of carbonyl (C=O) groups excluding carboxylic acids is 2. The van der Waals surface area contributed by atoms with Crippen LogP contribution in [-0.2, 0) is 9.59 Å². The van der Waals surface area contributed by atoms with Crippen molar-refractivity contribution in [3.8, 4) is 11.5 Å². The van der Waals surface area contributed by atoms with Crippen molar-refractivity contribution in [3.05, 3.63) is 77.9 Å². The van der Waals surface area contributed by atoms with Gasteiger partial charge in [-0.2, -0.15) is 0 Å². The maximum atomic E-state index is 13.3. The molecule has 0 fully saturated rings. The summed E-state index contributed by atoms with van der Waals surface area (Å²) in [5.74, 6) is 0.173. The van der Waals surface area contributed by atoms with Crippen molar-refractivity contribution < 1.29 is 19.1 Å². The van der Waals surface area contributed by atoms with Crippen molar-refractivity contribution in [2.75, 3.05) is 37.0 Å². The first kappa shape index (κ1) is 24.9. The van der Waals surface area contributed by atoms with E-state index in [1.165, 1.54) is 4.90 Å². The number of amides is 2. The molecule has 0 aromatic heterocycles. The molecule has 1 aliphatic heterocycles. The zero-order valence-corrected chi connectivity index (χ0v) is 20.7. The summed E-state index contributed by atoms with van der Waals surface area (Å²) in [6, 6.07) is 20.5. The molecule has 3 aromatic rings. The number of hydrogen-bond acceptors (Lipinski definition) is 6. The van der Waals surface area contributed by atoms with E-state index < -0.39 is 5.92 Å². The van der Waals surface area contributed by atoms with Gasteiger partial charge >= 0.3 is 0 Å². The van der Waals surface area contributed by atoms with Crippen molar-refractivity contribution in [2.24, 2.45) is 10.7 Å². The topological polar surface area (TPSA) is 106 Å². The van der Waals surface area contributed by atoms with Gasteiger partial charge in [-0.25, -0.2) is 0 Å². The maximum absolute atomic E-state index is 13.3. The van der Waals surface area contributed by atoms with Crippen LogP contribution in [0.4, 0.5) is 17.1 Å². The van der Waals surface area contributed by atoms with Crippen LogP contribution in [0.25, 0.3) is 0 Å². The summed E-state index contributed by atoms with van der Waals surface area (Å²) in [6.07, 6.45) is 0. The molecule has 0 spiro atoms. The molecular weight excluding hydrogens is 456 g/mol. The number of benzene rings is 3. The highest BCUT2D eigenvalue weighted by molar-refractivity contribution is 6.24. The normalized spacial score (nSPS) is 14.7. The fourth-order valence-electron chi connectivity index (χ4n) is 4.15. The van der Waals surface area contributed by atoms with Gasteiger partial charge in [0.2, 0.25) is 11.8 Å². The lowest BCUT2D eigenvalue weighted by Gasteiger charge is -2.17. The number of hydrogen-bond donors (Lipinski definition) is 2. The summed E-state index contributed by atoms with van der Waals surface area (Å²) in [6.45, 7) is 4.69. The van der Waals surface area contributed by atoms with E-state index in [2.05, 4.69) is 5.32 Å². The van der Waals surface area contributed by atoms with Crippen LogP contribution in [0.2, 0.25) is 0 Å². The van der Waals surface area contributed by atoms with Gasteiger partial charge in [0.05, 0.1) is 31.2 Å². The molecule has 4 rings (SSSR count). The van der Waals surface area contributed by atoms with E-state index >= 15 is 0 Å². The first-order chi connectivity index (χ1) is 17.5. The molecule has 1 heterocycles. The van der Waals surface area contributed by atoms with E-state index in [-0.39, 0.29) is 18.4 Å². The van der Waals surface area contributed by atoms with Gasteiger partial charge in [-0.15, -0.1) is 0 Å². The van der Waals surface area contributed by atoms with Gasteiger partial charge in [0.25, 0.3) is 0 Å². The molecule has 3 aromatic carbocycles. The van der Waals surface area contributed by atoms with Crippen molar-refractivity contribution in [1.82, 2.24) is 0 Å². The van der Waals surface area contributed by atoms with E-state index in [9.17, 15) is 9.59 Å². The molecule has 186 valence electrons. The molecular formula is C28H30N4O4. The van der Waals surface area contributed by atoms with Crippen LogP contribution in [0.5, 0.6) is 11.5 Å². The van der Waals surface area contributed by atoms with Crippen LogP contribution in [0.1, 0.15) is 30.9 Å². The third kappa shape index (κ3) is 5.08. The number of carbonyl (C=O) groups is 2. The Labute approximate surface area is 210 Å². The van der Waals surface area contributed by atoms with Gasteiger partial charge < -0.3 is 25.4 Å². The summed E-state index contributed by atoms with van der Waals surface area (Å²) < 4.78 is 11.6. The standard InChI is InChI=1S/C28H30N4O4/c1-4-35-23-15-21-22(16-24(23)36-5-2)31-28(34)26(21)27(18-9-7-6-8-10-18)30-19-11-13-20(14-12-19)32(3)25(33)17-29/h6-16,26H,4-5,17,29H2,1-3H3,(H,31,34). The predicted molar refractivity (Wildman–Crippen MR) is 142 cm³/mol. The van der Waals surface area contributed by atoms with Crippen LogP contribution in [0.3, 0.4) is 0 Å². The Morgan fingerprint density at radius 2 is 1.64 bits per heavy atom. The van der Waals surface area contributed by atoms with Crippen molar-refractivity contribution in [2.45, 2.75) is 19.8 Å². The Bertz CT molecular complexity index is 1270. The monoisotopic (exact) mass is 486 g/mol. The number of aliphatic imine (C=N–C) groups is 1. The summed E-state index contributed by atoms with van der Waals surface area (Å²) in [4.78, 5) is 31.6. The quantitative estimate of drug-likeness (QED) is 0.440. The van der Waals surface area contributed by atoms with Crippen LogP contribution in [0, 0.1) is 0 Å². The Kier molecular flexibility index (Phi) is 7.65. The SMILES string of the molecule is CCOc1cc2c(cc1OCC)C(C(=Nc1ccc(N(C)C(=O)CN)cc1)c1ccccc1)C(=O)N2. The Morgan fingerprint density at radius 1 is 1.00 bits per heavy atom. The minimum Gasteiger partial charge on any atom is -0.490 e. The lowest BCUT2D eigenvalue weighted by Crippen LogP contribution is -2.32. The van der Waals surface area contributed by atoms with Gasteiger partial charge in [-0.05, 0) is 55.3 Å². The molecule has 1 atom stereocenters. The highest BCUT2D eigenvalue weighted by Crippen LogP contribution is 2.43. The number of nitrogens with zero attached hydrogens (tertiary/aromatic N) is 2. The smallest absolute Gasteiger partial charge is 0.240 e. The second-order valence-electron chi connectivity index (χ2n) is 8.21. The molecule has 0 saturated carbocycles. The number of likely N-dealkylation sites (N-methyl/N-ethyl adjacent to an activating group) is 1. The van der Waals surface area contributed by atoms with E-state index in [1.807, 2.05) is 68.4 Å². The molecule has 8 heteroatoms. The van der Waals surface area contributed by atoms with Gasteiger partial charge in [-0.3, -0.25) is 14.6 Å². The molecule has 0 bridgehead atoms. The minimum absolute atomic E-state index is 0.0699. The number of anilines is 2. The number of ether oxygens (including phenoxy) is 2. The fourth-order valence-corrected chi connectivity index (χ4v) is 4.15. The fraction of sp³-hybridized carbons (Fsp3) is 0.250. The number of nitrogens with one attached hydrogen (secondary N) is 1. The van der Waals surface area contributed by atoms with E-state index in [0.29, 0.717) is 47.5 Å². The van der Waals surface area contributed by atoms with Gasteiger partial charge in [0.1, 0.15) is 5.92 Å². The summed E-state index contributed by atoms with van der Waals surface area (Å²) in [5.41, 5.74) is 9.74. The molecule has 36 heavy (non-hydrogen) atoms. The predicted octanol–water partition coefficient (Wildman–Crippen LogP) is 4.26. The second kappa shape index (κ2) is 11.0. The third-order valence-corrected chi connectivity index (χ3v) is 5.92. The van der Waals surface area contributed by atoms with Crippen molar-refractivity contribution in [3.63, 3.8) is 0 Å². The molecule has 1 aliphatic rings. The van der Waals surface area contributed by atoms with E-state index in [4.69, 9.17) is 20.2 Å². The van der Waals surface area contributed by atoms with Gasteiger partial charge in [0, 0.05) is 24.5 Å². The van der Waals surface area contributed by atoms with Crippen molar-refractivity contribution >= 4 is 34.6 Å². The number of fused-ring (bicyclic) bond motifs is 1. The number of nitrogens with two attached hydrogens (primary N) is 1. The van der Waals surface area contributed by atoms with Crippen LogP contribution in [0.15, 0.2) is 71.7 Å². The van der Waals surface area contributed by atoms with Crippen LogP contribution >= 0.6 is 0 Å². The first-order valence-electron chi connectivity index (χ1n) is 11.9. The Morgan fingerprint density at radius 3 is 2.25 bits per heavy atom. The van der Waals surface area contributed by atoms with Crippen molar-refractivity contribution in [1.29, 1.82) is 0 Å². The van der Waals surface area contributed by atoms with E-state index in [1.54, 1.807) is 19.2 Å². The number of rotatable bonds is 9. The first-order valence-corrected chi connectivity index (χ1v) is 11.9. The minimum atomic E-state index is -0.640. The lowest BCUT2D eigenvalue weighted by molar-refractivity contribution is -0.117. The summed E-state index contributed by atoms with van der Waals surface area (Å²) in [7, 11) is 1.68. The Balaban J connectivity index is 1.79. The van der Waals surface area contributed by atoms with Gasteiger partial charge in [-0.1, -0.05) is 30.3 Å². The third-order valence-electron chi connectivity index (χ3n) is 5.92. The average molecular weight is 487 g/mol.